The highest BCUT2D eigenvalue weighted by molar-refractivity contribution is 5.83. The van der Waals surface area contributed by atoms with Crippen LogP contribution in [0.2, 0.25) is 0 Å². The second kappa shape index (κ2) is 7.04. The number of esters is 1. The molecule has 1 saturated heterocycles. The predicted octanol–water partition coefficient (Wildman–Crippen LogP) is 3.77. The third kappa shape index (κ3) is 3.45. The minimum absolute atomic E-state index is 0.0177. The van der Waals surface area contributed by atoms with Crippen molar-refractivity contribution in [2.45, 2.75) is 57.0 Å². The first-order chi connectivity index (χ1) is 11.1. The van der Waals surface area contributed by atoms with E-state index >= 15 is 0 Å². The molecule has 1 aromatic rings. The van der Waals surface area contributed by atoms with E-state index in [2.05, 4.69) is 31.0 Å². The number of piperidine rings is 1. The third-order valence-electron chi connectivity index (χ3n) is 5.82. The summed E-state index contributed by atoms with van der Waals surface area (Å²) in [5.74, 6) is 0.384. The van der Waals surface area contributed by atoms with Crippen LogP contribution in [-0.2, 0) is 14.9 Å². The SMILES string of the molecule is CN1CCC[C@@H](OC(=O)[C@](C)(c2ccccc2)C2CCCC2)C1. The van der Waals surface area contributed by atoms with Gasteiger partial charge in [0.2, 0.25) is 0 Å². The standard InChI is InChI=1S/C20H29NO2/c1-20(17-11-6-7-12-17,16-9-4-3-5-10-16)19(22)23-18-13-8-14-21(2)15-18/h3-5,9-10,17-18H,6-8,11-15H2,1-2H3/t18-,20-/m1/s1. The smallest absolute Gasteiger partial charge is 0.316 e. The van der Waals surface area contributed by atoms with E-state index in [1.165, 1.54) is 12.8 Å². The van der Waals surface area contributed by atoms with Crippen LogP contribution in [0.3, 0.4) is 0 Å². The summed E-state index contributed by atoms with van der Waals surface area (Å²) in [4.78, 5) is 15.4. The van der Waals surface area contributed by atoms with Gasteiger partial charge < -0.3 is 9.64 Å². The lowest BCUT2D eigenvalue weighted by molar-refractivity contribution is -0.160. The highest BCUT2D eigenvalue weighted by atomic mass is 16.5. The van der Waals surface area contributed by atoms with E-state index in [-0.39, 0.29) is 12.1 Å². The van der Waals surface area contributed by atoms with E-state index in [1.54, 1.807) is 0 Å². The molecule has 1 heterocycles. The molecule has 0 aromatic heterocycles. The molecule has 2 fully saturated rings. The molecule has 0 amide bonds. The zero-order valence-corrected chi connectivity index (χ0v) is 14.5. The molecule has 2 aliphatic rings. The topological polar surface area (TPSA) is 29.5 Å². The second-order valence-corrected chi connectivity index (χ2v) is 7.48. The lowest BCUT2D eigenvalue weighted by Gasteiger charge is -2.37. The lowest BCUT2D eigenvalue weighted by Crippen LogP contribution is -2.45. The molecule has 1 saturated carbocycles. The molecule has 1 aliphatic carbocycles. The van der Waals surface area contributed by atoms with Gasteiger partial charge in [-0.15, -0.1) is 0 Å². The quantitative estimate of drug-likeness (QED) is 0.792. The normalized spacial score (nSPS) is 25.9. The van der Waals surface area contributed by atoms with Crippen molar-refractivity contribution < 1.29 is 9.53 Å². The molecule has 126 valence electrons. The average Bonchev–Trinajstić information content (AvgIpc) is 3.10. The Labute approximate surface area is 140 Å². The van der Waals surface area contributed by atoms with Crippen LogP contribution >= 0.6 is 0 Å². The van der Waals surface area contributed by atoms with Crippen molar-refractivity contribution in [2.75, 3.05) is 20.1 Å². The Morgan fingerprint density at radius 1 is 1.13 bits per heavy atom. The van der Waals surface area contributed by atoms with Gasteiger partial charge in [0, 0.05) is 6.54 Å². The fourth-order valence-electron chi connectivity index (χ4n) is 4.30. The summed E-state index contributed by atoms with van der Waals surface area (Å²) in [7, 11) is 2.10. The zero-order chi connectivity index (χ0) is 16.3. The number of ether oxygens (including phenoxy) is 1. The molecule has 3 nitrogen and oxygen atoms in total. The molecular weight excluding hydrogens is 286 g/mol. The van der Waals surface area contributed by atoms with Crippen LogP contribution in [0.5, 0.6) is 0 Å². The van der Waals surface area contributed by atoms with Gasteiger partial charge in [-0.3, -0.25) is 4.79 Å². The number of carbonyl (C=O) groups is 1. The molecule has 1 aliphatic heterocycles. The van der Waals surface area contributed by atoms with Crippen molar-refractivity contribution in [3.8, 4) is 0 Å². The van der Waals surface area contributed by atoms with Crippen LogP contribution in [-0.4, -0.2) is 37.1 Å². The Kier molecular flexibility index (Phi) is 5.05. The molecule has 0 spiro atoms. The first-order valence-corrected chi connectivity index (χ1v) is 9.06. The van der Waals surface area contributed by atoms with Gasteiger partial charge >= 0.3 is 5.97 Å². The molecule has 2 atom stereocenters. The summed E-state index contributed by atoms with van der Waals surface area (Å²) >= 11 is 0. The van der Waals surface area contributed by atoms with E-state index < -0.39 is 5.41 Å². The number of benzene rings is 1. The largest absolute Gasteiger partial charge is 0.460 e. The van der Waals surface area contributed by atoms with Crippen molar-refractivity contribution in [1.82, 2.24) is 4.90 Å². The van der Waals surface area contributed by atoms with Gasteiger partial charge in [0.15, 0.2) is 0 Å². The van der Waals surface area contributed by atoms with Crippen LogP contribution in [0.25, 0.3) is 0 Å². The van der Waals surface area contributed by atoms with Crippen molar-refractivity contribution in [1.29, 1.82) is 0 Å². The molecule has 1 aromatic carbocycles. The van der Waals surface area contributed by atoms with Gasteiger partial charge in [-0.05, 0) is 57.7 Å². The Hall–Kier alpha value is -1.35. The van der Waals surface area contributed by atoms with Gasteiger partial charge in [0.1, 0.15) is 6.10 Å². The maximum atomic E-state index is 13.2. The van der Waals surface area contributed by atoms with E-state index in [0.717, 1.165) is 44.3 Å². The summed E-state index contributed by atoms with van der Waals surface area (Å²) < 4.78 is 6.01. The minimum Gasteiger partial charge on any atom is -0.460 e. The van der Waals surface area contributed by atoms with Gasteiger partial charge in [0.25, 0.3) is 0 Å². The monoisotopic (exact) mass is 315 g/mol. The van der Waals surface area contributed by atoms with Gasteiger partial charge in [-0.1, -0.05) is 43.2 Å². The Bertz CT molecular complexity index is 524. The lowest BCUT2D eigenvalue weighted by atomic mass is 9.71. The molecule has 0 bridgehead atoms. The van der Waals surface area contributed by atoms with Gasteiger partial charge in [0.05, 0.1) is 5.41 Å². The van der Waals surface area contributed by atoms with Crippen molar-refractivity contribution in [2.24, 2.45) is 5.92 Å². The van der Waals surface area contributed by atoms with E-state index in [9.17, 15) is 4.79 Å². The molecule has 3 heteroatoms. The molecule has 23 heavy (non-hydrogen) atoms. The first kappa shape index (κ1) is 16.5. The zero-order valence-electron chi connectivity index (χ0n) is 14.5. The van der Waals surface area contributed by atoms with Gasteiger partial charge in [-0.2, -0.15) is 0 Å². The number of carbonyl (C=O) groups excluding carboxylic acids is 1. The maximum absolute atomic E-state index is 13.2. The molecular formula is C20H29NO2. The van der Waals surface area contributed by atoms with Gasteiger partial charge in [-0.25, -0.2) is 0 Å². The highest BCUT2D eigenvalue weighted by Gasteiger charge is 2.46. The summed E-state index contributed by atoms with van der Waals surface area (Å²) in [5, 5.41) is 0. The number of hydrogen-bond donors (Lipinski definition) is 0. The summed E-state index contributed by atoms with van der Waals surface area (Å²) in [6, 6.07) is 10.3. The molecule has 0 N–H and O–H groups in total. The summed E-state index contributed by atoms with van der Waals surface area (Å²) in [6.07, 6.45) is 6.87. The fraction of sp³-hybridized carbons (Fsp3) is 0.650. The number of likely N-dealkylation sites (tertiary alicyclic amines) is 1. The fourth-order valence-corrected chi connectivity index (χ4v) is 4.30. The first-order valence-electron chi connectivity index (χ1n) is 9.06. The number of likely N-dealkylation sites (N-methyl/N-ethyl adjacent to an activating group) is 1. The summed E-state index contributed by atoms with van der Waals surface area (Å²) in [5.41, 5.74) is 0.606. The third-order valence-corrected chi connectivity index (χ3v) is 5.82. The van der Waals surface area contributed by atoms with Crippen LogP contribution in [0.4, 0.5) is 0 Å². The number of rotatable bonds is 4. The van der Waals surface area contributed by atoms with Crippen molar-refractivity contribution in [3.63, 3.8) is 0 Å². The number of hydrogen-bond acceptors (Lipinski definition) is 3. The Balaban J connectivity index is 1.81. The molecule has 0 radical (unpaired) electrons. The maximum Gasteiger partial charge on any atom is 0.316 e. The Morgan fingerprint density at radius 2 is 1.83 bits per heavy atom. The minimum atomic E-state index is -0.506. The Morgan fingerprint density at radius 3 is 2.48 bits per heavy atom. The summed E-state index contributed by atoms with van der Waals surface area (Å²) in [6.45, 7) is 4.07. The predicted molar refractivity (Wildman–Crippen MR) is 92.4 cm³/mol. The molecule has 3 rings (SSSR count). The van der Waals surface area contributed by atoms with Crippen LogP contribution in [0.1, 0.15) is 51.0 Å². The van der Waals surface area contributed by atoms with Crippen LogP contribution < -0.4 is 0 Å². The van der Waals surface area contributed by atoms with E-state index in [0.29, 0.717) is 5.92 Å². The van der Waals surface area contributed by atoms with Crippen molar-refractivity contribution >= 4 is 5.97 Å². The van der Waals surface area contributed by atoms with E-state index in [1.807, 2.05) is 18.2 Å². The van der Waals surface area contributed by atoms with Crippen LogP contribution in [0.15, 0.2) is 30.3 Å². The van der Waals surface area contributed by atoms with Crippen LogP contribution in [0, 0.1) is 5.92 Å². The molecule has 0 unspecified atom stereocenters. The number of nitrogens with zero attached hydrogens (tertiary/aromatic N) is 1. The van der Waals surface area contributed by atoms with Crippen molar-refractivity contribution in [3.05, 3.63) is 35.9 Å². The second-order valence-electron chi connectivity index (χ2n) is 7.48. The van der Waals surface area contributed by atoms with E-state index in [4.69, 9.17) is 4.74 Å². The average molecular weight is 315 g/mol. The highest BCUT2D eigenvalue weighted by Crippen LogP contribution is 2.43.